The Morgan fingerprint density at radius 1 is 1.09 bits per heavy atom. The number of benzene rings is 1. The average Bonchev–Trinajstić information content (AvgIpc) is 2.99. The Morgan fingerprint density at radius 3 is 2.57 bits per heavy atom. The Labute approximate surface area is 134 Å². The van der Waals surface area contributed by atoms with Gasteiger partial charge < -0.3 is 4.57 Å². The molecule has 1 saturated heterocycles. The summed E-state index contributed by atoms with van der Waals surface area (Å²) in [5, 5.41) is 8.62. The van der Waals surface area contributed by atoms with Gasteiger partial charge >= 0.3 is 0 Å². The minimum Gasteiger partial charge on any atom is -0.313 e. The molecular formula is C17H20F2N4. The third-order valence-corrected chi connectivity index (χ3v) is 5.09. The van der Waals surface area contributed by atoms with Gasteiger partial charge in [-0.2, -0.15) is 0 Å². The van der Waals surface area contributed by atoms with Crippen molar-refractivity contribution in [3.8, 4) is 0 Å². The van der Waals surface area contributed by atoms with E-state index in [0.717, 1.165) is 49.9 Å². The molecule has 0 spiro atoms. The first-order valence-electron chi connectivity index (χ1n) is 8.25. The maximum atomic E-state index is 13.5. The number of hydrogen-bond acceptors (Lipinski definition) is 3. The summed E-state index contributed by atoms with van der Waals surface area (Å²) in [6.45, 7) is 3.55. The Balaban J connectivity index is 1.60. The van der Waals surface area contributed by atoms with E-state index in [-0.39, 0.29) is 0 Å². The smallest absolute Gasteiger partial charge is 0.134 e. The van der Waals surface area contributed by atoms with E-state index in [1.54, 1.807) is 0 Å². The number of nitrogens with zero attached hydrogens (tertiary/aromatic N) is 4. The summed E-state index contributed by atoms with van der Waals surface area (Å²) in [5.74, 6) is 1.06. The molecule has 0 amide bonds. The summed E-state index contributed by atoms with van der Waals surface area (Å²) in [6.07, 6.45) is 3.96. The average molecular weight is 318 g/mol. The van der Waals surface area contributed by atoms with E-state index in [1.165, 1.54) is 12.1 Å². The van der Waals surface area contributed by atoms with E-state index >= 15 is 0 Å². The first-order chi connectivity index (χ1) is 11.1. The van der Waals surface area contributed by atoms with Crippen LogP contribution in [0.3, 0.4) is 0 Å². The van der Waals surface area contributed by atoms with Gasteiger partial charge in [0.05, 0.1) is 0 Å². The van der Waals surface area contributed by atoms with Crippen LogP contribution in [-0.2, 0) is 25.9 Å². The lowest BCUT2D eigenvalue weighted by Gasteiger charge is -2.27. The van der Waals surface area contributed by atoms with Crippen molar-refractivity contribution >= 4 is 0 Å². The number of rotatable bonds is 3. The van der Waals surface area contributed by atoms with Crippen LogP contribution >= 0.6 is 0 Å². The molecule has 4 nitrogen and oxygen atoms in total. The Kier molecular flexibility index (Phi) is 3.64. The number of aromatic nitrogens is 3. The molecule has 1 aromatic heterocycles. The molecule has 0 unspecified atom stereocenters. The summed E-state index contributed by atoms with van der Waals surface area (Å²) in [4.78, 5) is 2.39. The molecule has 0 radical (unpaired) electrons. The van der Waals surface area contributed by atoms with Gasteiger partial charge in [0, 0.05) is 44.1 Å². The van der Waals surface area contributed by atoms with Gasteiger partial charge in [0.15, 0.2) is 0 Å². The van der Waals surface area contributed by atoms with Gasteiger partial charge in [-0.3, -0.25) is 4.90 Å². The molecule has 3 heterocycles. The summed E-state index contributed by atoms with van der Waals surface area (Å²) >= 11 is 0. The van der Waals surface area contributed by atoms with Crippen molar-refractivity contribution in [2.45, 2.75) is 57.8 Å². The first kappa shape index (κ1) is 14.8. The highest BCUT2D eigenvalue weighted by Crippen LogP contribution is 2.33. The van der Waals surface area contributed by atoms with Crippen molar-refractivity contribution in [3.63, 3.8) is 0 Å². The first-order valence-corrected chi connectivity index (χ1v) is 8.25. The highest BCUT2D eigenvalue weighted by molar-refractivity contribution is 5.19. The summed E-state index contributed by atoms with van der Waals surface area (Å²) in [6, 6.07) is 4.56. The highest BCUT2D eigenvalue weighted by Gasteiger charge is 2.38. The normalized spacial score (nSPS) is 23.8. The van der Waals surface area contributed by atoms with Gasteiger partial charge in [-0.05, 0) is 30.5 Å². The number of hydrogen-bond donors (Lipinski definition) is 0. The molecule has 122 valence electrons. The number of fused-ring (bicyclic) bond motifs is 3. The third kappa shape index (κ3) is 2.65. The molecule has 2 bridgehead atoms. The maximum Gasteiger partial charge on any atom is 0.134 e. The van der Waals surface area contributed by atoms with Gasteiger partial charge in [-0.1, -0.05) is 6.92 Å². The molecular weight excluding hydrogens is 298 g/mol. The molecule has 1 fully saturated rings. The molecule has 2 aliphatic heterocycles. The zero-order valence-corrected chi connectivity index (χ0v) is 13.2. The van der Waals surface area contributed by atoms with Crippen LogP contribution in [0.5, 0.6) is 0 Å². The molecule has 2 atom stereocenters. The van der Waals surface area contributed by atoms with Gasteiger partial charge in [-0.15, -0.1) is 10.2 Å². The Morgan fingerprint density at radius 2 is 1.83 bits per heavy atom. The molecule has 0 aliphatic carbocycles. The maximum absolute atomic E-state index is 13.5. The zero-order valence-electron chi connectivity index (χ0n) is 13.2. The van der Waals surface area contributed by atoms with Crippen molar-refractivity contribution in [3.05, 3.63) is 47.0 Å². The largest absolute Gasteiger partial charge is 0.313 e. The summed E-state index contributed by atoms with van der Waals surface area (Å²) < 4.78 is 29.2. The fourth-order valence-corrected chi connectivity index (χ4v) is 4.02. The fourth-order valence-electron chi connectivity index (χ4n) is 4.02. The van der Waals surface area contributed by atoms with E-state index < -0.39 is 11.6 Å². The number of halogens is 2. The second kappa shape index (κ2) is 5.67. The van der Waals surface area contributed by atoms with E-state index in [9.17, 15) is 8.78 Å². The topological polar surface area (TPSA) is 34.0 Å². The Bertz CT molecular complexity index is 707. The molecule has 0 saturated carbocycles. The fraction of sp³-hybridized carbons (Fsp3) is 0.529. The van der Waals surface area contributed by atoms with Crippen molar-refractivity contribution in [1.29, 1.82) is 0 Å². The van der Waals surface area contributed by atoms with Crippen LogP contribution in [0, 0.1) is 11.6 Å². The van der Waals surface area contributed by atoms with Crippen LogP contribution in [0.25, 0.3) is 0 Å². The standard InChI is InChI=1S/C17H20F2N4/c1-2-16-20-21-17-8-14-3-4-15(10-23(16)17)22(14)9-11-5-12(18)7-13(19)6-11/h5-7,14-15H,2-4,8-10H2,1H3/t14-,15+/m0/s1. The van der Waals surface area contributed by atoms with E-state index in [1.807, 2.05) is 0 Å². The van der Waals surface area contributed by atoms with Crippen molar-refractivity contribution in [2.24, 2.45) is 0 Å². The summed E-state index contributed by atoms with van der Waals surface area (Å²) in [7, 11) is 0. The van der Waals surface area contributed by atoms with E-state index in [4.69, 9.17) is 0 Å². The van der Waals surface area contributed by atoms with Crippen LogP contribution in [0.15, 0.2) is 18.2 Å². The Hall–Kier alpha value is -1.82. The molecule has 2 aliphatic rings. The molecule has 23 heavy (non-hydrogen) atoms. The monoisotopic (exact) mass is 318 g/mol. The van der Waals surface area contributed by atoms with E-state index in [2.05, 4.69) is 26.6 Å². The van der Waals surface area contributed by atoms with Crippen LogP contribution in [-0.4, -0.2) is 31.7 Å². The third-order valence-electron chi connectivity index (χ3n) is 5.09. The predicted molar refractivity (Wildman–Crippen MR) is 81.8 cm³/mol. The zero-order chi connectivity index (χ0) is 16.0. The predicted octanol–water partition coefficient (Wildman–Crippen LogP) is 2.71. The van der Waals surface area contributed by atoms with Gasteiger partial charge in [0.25, 0.3) is 0 Å². The molecule has 2 aromatic rings. The SMILES string of the molecule is CCc1nnc2n1C[C@H]1CC[C@@H](C2)N1Cc1cc(F)cc(F)c1. The second-order valence-corrected chi connectivity index (χ2v) is 6.54. The van der Waals surface area contributed by atoms with E-state index in [0.29, 0.717) is 24.2 Å². The lowest BCUT2D eigenvalue weighted by atomic mass is 10.1. The van der Waals surface area contributed by atoms with Crippen molar-refractivity contribution in [1.82, 2.24) is 19.7 Å². The lowest BCUT2D eigenvalue weighted by molar-refractivity contribution is 0.179. The van der Waals surface area contributed by atoms with Crippen molar-refractivity contribution < 1.29 is 8.78 Å². The highest BCUT2D eigenvalue weighted by atomic mass is 19.1. The molecule has 0 N–H and O–H groups in total. The van der Waals surface area contributed by atoms with Crippen LogP contribution in [0.2, 0.25) is 0 Å². The lowest BCUT2D eigenvalue weighted by Crippen LogP contribution is -2.36. The van der Waals surface area contributed by atoms with Crippen LogP contribution in [0.1, 0.15) is 37.0 Å². The number of aryl methyl sites for hydroxylation is 1. The van der Waals surface area contributed by atoms with Gasteiger partial charge in [0.2, 0.25) is 0 Å². The van der Waals surface area contributed by atoms with Crippen molar-refractivity contribution in [2.75, 3.05) is 0 Å². The van der Waals surface area contributed by atoms with Crippen LogP contribution < -0.4 is 0 Å². The molecule has 6 heteroatoms. The minimum atomic E-state index is -0.507. The molecule has 1 aromatic carbocycles. The van der Waals surface area contributed by atoms with Gasteiger partial charge in [-0.25, -0.2) is 8.78 Å². The van der Waals surface area contributed by atoms with Crippen LogP contribution in [0.4, 0.5) is 8.78 Å². The minimum absolute atomic E-state index is 0.376. The second-order valence-electron chi connectivity index (χ2n) is 6.54. The summed E-state index contributed by atoms with van der Waals surface area (Å²) in [5.41, 5.74) is 0.702. The van der Waals surface area contributed by atoms with Gasteiger partial charge in [0.1, 0.15) is 23.3 Å². The quantitative estimate of drug-likeness (QED) is 0.872. The molecule has 4 rings (SSSR count).